The maximum Gasteiger partial charge on any atom is 0.261 e. The van der Waals surface area contributed by atoms with E-state index in [0.29, 0.717) is 29.7 Å². The van der Waals surface area contributed by atoms with Crippen molar-refractivity contribution in [2.24, 2.45) is 5.92 Å². The van der Waals surface area contributed by atoms with E-state index in [0.717, 1.165) is 16.9 Å². The first-order chi connectivity index (χ1) is 11.0. The van der Waals surface area contributed by atoms with Crippen LogP contribution in [0.15, 0.2) is 29.6 Å². The number of hydrogen-bond acceptors (Lipinski definition) is 4. The lowest BCUT2D eigenvalue weighted by Crippen LogP contribution is -2.26. The van der Waals surface area contributed by atoms with Crippen LogP contribution in [-0.4, -0.2) is 19.6 Å². The summed E-state index contributed by atoms with van der Waals surface area (Å²) in [6.07, 6.45) is 0. The molecule has 1 aromatic heterocycles. The molecule has 0 fully saturated rings. The molecule has 1 N–H and O–H groups in total. The highest BCUT2D eigenvalue weighted by atomic mass is 32.1. The fourth-order valence-corrected chi connectivity index (χ4v) is 2.82. The molecule has 0 saturated heterocycles. The van der Waals surface area contributed by atoms with E-state index in [1.165, 1.54) is 11.3 Å². The van der Waals surface area contributed by atoms with Gasteiger partial charge in [-0.3, -0.25) is 4.79 Å². The largest absolute Gasteiger partial charge is 0.493 e. The van der Waals surface area contributed by atoms with Crippen LogP contribution in [0, 0.1) is 12.8 Å². The van der Waals surface area contributed by atoms with Crippen molar-refractivity contribution in [3.8, 4) is 11.5 Å². The van der Waals surface area contributed by atoms with Crippen LogP contribution in [0.2, 0.25) is 0 Å². The molecule has 0 bridgehead atoms. The van der Waals surface area contributed by atoms with Crippen LogP contribution in [-0.2, 0) is 6.61 Å². The quantitative estimate of drug-likeness (QED) is 0.832. The first kappa shape index (κ1) is 17.3. The van der Waals surface area contributed by atoms with Gasteiger partial charge in [0.05, 0.1) is 12.0 Å². The van der Waals surface area contributed by atoms with Crippen molar-refractivity contribution in [2.45, 2.75) is 27.4 Å². The van der Waals surface area contributed by atoms with Gasteiger partial charge < -0.3 is 14.8 Å². The van der Waals surface area contributed by atoms with Crippen molar-refractivity contribution in [2.75, 3.05) is 13.7 Å². The SMILES string of the molecule is COc1cc(C)ccc1OCc1csc(C(=O)NCC(C)C)c1. The van der Waals surface area contributed by atoms with Crippen molar-refractivity contribution in [3.63, 3.8) is 0 Å². The van der Waals surface area contributed by atoms with Gasteiger partial charge in [-0.25, -0.2) is 0 Å². The van der Waals surface area contributed by atoms with Crippen molar-refractivity contribution in [1.29, 1.82) is 0 Å². The molecule has 1 aromatic carbocycles. The zero-order chi connectivity index (χ0) is 16.8. The third-order valence-corrected chi connectivity index (χ3v) is 4.24. The second-order valence-corrected chi connectivity index (χ2v) is 6.78. The second kappa shape index (κ2) is 8.02. The molecular formula is C18H23NO3S. The Labute approximate surface area is 141 Å². The molecule has 4 nitrogen and oxygen atoms in total. The first-order valence-electron chi connectivity index (χ1n) is 7.62. The van der Waals surface area contributed by atoms with E-state index >= 15 is 0 Å². The molecule has 124 valence electrons. The van der Waals surface area contributed by atoms with Crippen LogP contribution in [0.3, 0.4) is 0 Å². The normalized spacial score (nSPS) is 10.7. The van der Waals surface area contributed by atoms with Crippen LogP contribution in [0.25, 0.3) is 0 Å². The zero-order valence-electron chi connectivity index (χ0n) is 14.0. The fourth-order valence-electron chi connectivity index (χ4n) is 2.01. The average molecular weight is 333 g/mol. The predicted molar refractivity (Wildman–Crippen MR) is 93.6 cm³/mol. The summed E-state index contributed by atoms with van der Waals surface area (Å²) in [6, 6.07) is 7.70. The minimum atomic E-state index is -0.0251. The van der Waals surface area contributed by atoms with Gasteiger partial charge in [-0.1, -0.05) is 19.9 Å². The number of hydrogen-bond donors (Lipinski definition) is 1. The lowest BCUT2D eigenvalue weighted by atomic mass is 10.2. The minimum absolute atomic E-state index is 0.0251. The van der Waals surface area contributed by atoms with E-state index in [1.54, 1.807) is 7.11 Å². The summed E-state index contributed by atoms with van der Waals surface area (Å²) in [5.41, 5.74) is 2.10. The number of benzene rings is 1. The summed E-state index contributed by atoms with van der Waals surface area (Å²) in [4.78, 5) is 12.7. The van der Waals surface area contributed by atoms with Crippen molar-refractivity contribution in [3.05, 3.63) is 45.6 Å². The van der Waals surface area contributed by atoms with Crippen LogP contribution in [0.1, 0.15) is 34.6 Å². The maximum atomic E-state index is 12.0. The van der Waals surface area contributed by atoms with E-state index < -0.39 is 0 Å². The van der Waals surface area contributed by atoms with Crippen molar-refractivity contribution in [1.82, 2.24) is 5.32 Å². The van der Waals surface area contributed by atoms with Crippen LogP contribution in [0.5, 0.6) is 11.5 Å². The summed E-state index contributed by atoms with van der Waals surface area (Å²) in [5.74, 6) is 1.84. The van der Waals surface area contributed by atoms with Gasteiger partial charge >= 0.3 is 0 Å². The van der Waals surface area contributed by atoms with Crippen LogP contribution >= 0.6 is 11.3 Å². The Balaban J connectivity index is 1.96. The molecule has 5 heteroatoms. The highest BCUT2D eigenvalue weighted by molar-refractivity contribution is 7.12. The predicted octanol–water partition coefficient (Wildman–Crippen LogP) is 4.03. The fraction of sp³-hybridized carbons (Fsp3) is 0.389. The molecule has 0 aliphatic carbocycles. The Morgan fingerprint density at radius 2 is 2.04 bits per heavy atom. The third-order valence-electron chi connectivity index (χ3n) is 3.26. The average Bonchev–Trinajstić information content (AvgIpc) is 3.00. The number of thiophene rings is 1. The smallest absolute Gasteiger partial charge is 0.261 e. The van der Waals surface area contributed by atoms with E-state index in [-0.39, 0.29) is 5.91 Å². The highest BCUT2D eigenvalue weighted by Crippen LogP contribution is 2.29. The van der Waals surface area contributed by atoms with E-state index in [1.807, 2.05) is 36.6 Å². The number of carbonyl (C=O) groups excluding carboxylic acids is 1. The Kier molecular flexibility index (Phi) is 6.04. The van der Waals surface area contributed by atoms with Gasteiger partial charge in [0.2, 0.25) is 0 Å². The lowest BCUT2D eigenvalue weighted by Gasteiger charge is -2.10. The zero-order valence-corrected chi connectivity index (χ0v) is 14.8. The lowest BCUT2D eigenvalue weighted by molar-refractivity contribution is 0.0953. The van der Waals surface area contributed by atoms with Gasteiger partial charge in [-0.15, -0.1) is 11.3 Å². The molecule has 0 saturated carbocycles. The molecule has 0 radical (unpaired) electrons. The van der Waals surface area contributed by atoms with Crippen LogP contribution in [0.4, 0.5) is 0 Å². The standard InChI is InChI=1S/C18H23NO3S/c1-12(2)9-19-18(20)17-8-14(11-23-17)10-22-15-6-5-13(3)7-16(15)21-4/h5-8,11-12H,9-10H2,1-4H3,(H,19,20). The number of nitrogens with one attached hydrogen (secondary N) is 1. The number of carbonyl (C=O) groups is 1. The molecule has 0 atom stereocenters. The van der Waals surface area contributed by atoms with Gasteiger partial charge in [-0.2, -0.15) is 0 Å². The monoisotopic (exact) mass is 333 g/mol. The molecule has 1 heterocycles. The van der Waals surface area contributed by atoms with Crippen molar-refractivity contribution >= 4 is 17.2 Å². The molecule has 0 spiro atoms. The number of rotatable bonds is 7. The Morgan fingerprint density at radius 3 is 2.74 bits per heavy atom. The molecule has 2 rings (SSSR count). The molecule has 0 unspecified atom stereocenters. The summed E-state index contributed by atoms with van der Waals surface area (Å²) in [6.45, 7) is 7.25. The van der Waals surface area contributed by atoms with Gasteiger partial charge in [0.25, 0.3) is 5.91 Å². The van der Waals surface area contributed by atoms with E-state index in [2.05, 4.69) is 19.2 Å². The summed E-state index contributed by atoms with van der Waals surface area (Å²) < 4.78 is 11.1. The molecule has 2 aromatic rings. The Hall–Kier alpha value is -2.01. The maximum absolute atomic E-state index is 12.0. The van der Waals surface area contributed by atoms with Gasteiger partial charge in [0, 0.05) is 12.1 Å². The molecular weight excluding hydrogens is 310 g/mol. The van der Waals surface area contributed by atoms with E-state index in [4.69, 9.17) is 9.47 Å². The first-order valence-corrected chi connectivity index (χ1v) is 8.50. The van der Waals surface area contributed by atoms with E-state index in [9.17, 15) is 4.79 Å². The summed E-state index contributed by atoms with van der Waals surface area (Å²) in [5, 5.41) is 4.87. The molecule has 1 amide bonds. The van der Waals surface area contributed by atoms with Crippen LogP contribution < -0.4 is 14.8 Å². The van der Waals surface area contributed by atoms with Gasteiger partial charge in [0.15, 0.2) is 11.5 Å². The van der Waals surface area contributed by atoms with Gasteiger partial charge in [0.1, 0.15) is 6.61 Å². The number of aryl methyl sites for hydroxylation is 1. The Bertz CT molecular complexity index is 664. The molecule has 23 heavy (non-hydrogen) atoms. The number of amides is 1. The summed E-state index contributed by atoms with van der Waals surface area (Å²) in [7, 11) is 1.63. The number of methoxy groups -OCH3 is 1. The molecule has 0 aliphatic heterocycles. The number of ether oxygens (including phenoxy) is 2. The molecule has 0 aliphatic rings. The summed E-state index contributed by atoms with van der Waals surface area (Å²) >= 11 is 1.43. The topological polar surface area (TPSA) is 47.6 Å². The van der Waals surface area contributed by atoms with Gasteiger partial charge in [-0.05, 0) is 42.0 Å². The highest BCUT2D eigenvalue weighted by Gasteiger charge is 2.11. The Morgan fingerprint density at radius 1 is 1.26 bits per heavy atom. The minimum Gasteiger partial charge on any atom is -0.493 e. The second-order valence-electron chi connectivity index (χ2n) is 5.87. The van der Waals surface area contributed by atoms with Crippen molar-refractivity contribution < 1.29 is 14.3 Å². The third kappa shape index (κ3) is 4.99.